The minimum absolute atomic E-state index is 0.118. The van der Waals surface area contributed by atoms with E-state index in [1.54, 1.807) is 24.5 Å². The van der Waals surface area contributed by atoms with Gasteiger partial charge in [0.25, 0.3) is 5.91 Å². The van der Waals surface area contributed by atoms with Gasteiger partial charge in [-0.15, -0.1) is 0 Å². The minimum atomic E-state index is -0.118. The lowest BCUT2D eigenvalue weighted by Gasteiger charge is -2.24. The molecule has 1 aliphatic heterocycles. The molecule has 5 nitrogen and oxygen atoms in total. The molecule has 2 heterocycles. The molecule has 1 aromatic heterocycles. The van der Waals surface area contributed by atoms with Gasteiger partial charge in [-0.2, -0.15) is 0 Å². The summed E-state index contributed by atoms with van der Waals surface area (Å²) in [6.07, 6.45) is 5.40. The first-order valence-corrected chi connectivity index (χ1v) is 8.38. The Labute approximate surface area is 142 Å². The van der Waals surface area contributed by atoms with Crippen molar-refractivity contribution >= 4 is 5.91 Å². The third-order valence-electron chi connectivity index (χ3n) is 4.56. The number of hydrogen-bond acceptors (Lipinski definition) is 4. The Hall–Kier alpha value is -2.24. The Bertz CT molecular complexity index is 675. The van der Waals surface area contributed by atoms with Crippen molar-refractivity contribution in [2.24, 2.45) is 0 Å². The standard InChI is InChI=1S/C19H23N3O2/c23-14-18-8-4-10-22(18)13-17-6-2-1-5-15(17)12-21-19(24)16-7-3-9-20-11-16/h1-3,5-7,9,11,18,23H,4,8,10,12-14H2,(H,21,24)/t18-/m1/s1. The fraction of sp³-hybridized carbons (Fsp3) is 0.368. The molecule has 1 aliphatic rings. The van der Waals surface area contributed by atoms with Gasteiger partial charge in [-0.05, 0) is 42.6 Å². The summed E-state index contributed by atoms with van der Waals surface area (Å²) >= 11 is 0. The Morgan fingerprint density at radius 3 is 2.83 bits per heavy atom. The molecule has 2 N–H and O–H groups in total. The van der Waals surface area contributed by atoms with Gasteiger partial charge < -0.3 is 10.4 Å². The van der Waals surface area contributed by atoms with Crippen LogP contribution in [0.15, 0.2) is 48.8 Å². The Kier molecular flexibility index (Phi) is 5.56. The van der Waals surface area contributed by atoms with Crippen molar-refractivity contribution in [3.8, 4) is 0 Å². The van der Waals surface area contributed by atoms with Crippen LogP contribution in [0.25, 0.3) is 0 Å². The van der Waals surface area contributed by atoms with Crippen LogP contribution in [0, 0.1) is 0 Å². The van der Waals surface area contributed by atoms with Crippen LogP contribution in [0.5, 0.6) is 0 Å². The maximum absolute atomic E-state index is 12.2. The van der Waals surface area contributed by atoms with E-state index >= 15 is 0 Å². The molecule has 5 heteroatoms. The molecule has 1 aromatic carbocycles. The highest BCUT2D eigenvalue weighted by atomic mass is 16.3. The molecule has 0 bridgehead atoms. The summed E-state index contributed by atoms with van der Waals surface area (Å²) in [5.41, 5.74) is 2.87. The van der Waals surface area contributed by atoms with Crippen molar-refractivity contribution in [3.63, 3.8) is 0 Å². The van der Waals surface area contributed by atoms with Gasteiger partial charge >= 0.3 is 0 Å². The number of benzene rings is 1. The SMILES string of the molecule is O=C(NCc1ccccc1CN1CCC[C@@H]1CO)c1cccnc1. The van der Waals surface area contributed by atoms with Gasteiger partial charge in [-0.1, -0.05) is 24.3 Å². The lowest BCUT2D eigenvalue weighted by atomic mass is 10.1. The number of aliphatic hydroxyl groups excluding tert-OH is 1. The highest BCUT2D eigenvalue weighted by Crippen LogP contribution is 2.21. The Morgan fingerprint density at radius 1 is 1.25 bits per heavy atom. The predicted molar refractivity (Wildman–Crippen MR) is 92.4 cm³/mol. The molecular weight excluding hydrogens is 302 g/mol. The molecule has 0 spiro atoms. The van der Waals surface area contributed by atoms with Crippen molar-refractivity contribution in [2.45, 2.75) is 32.0 Å². The number of aromatic nitrogens is 1. The number of carbonyl (C=O) groups excluding carboxylic acids is 1. The van der Waals surface area contributed by atoms with E-state index in [9.17, 15) is 9.90 Å². The van der Waals surface area contributed by atoms with E-state index in [1.165, 1.54) is 5.56 Å². The number of aliphatic hydroxyl groups is 1. The van der Waals surface area contributed by atoms with Gasteiger partial charge in [0.1, 0.15) is 0 Å². The summed E-state index contributed by atoms with van der Waals surface area (Å²) in [7, 11) is 0. The first kappa shape index (κ1) is 16.6. The predicted octanol–water partition coefficient (Wildman–Crippen LogP) is 1.97. The van der Waals surface area contributed by atoms with Gasteiger partial charge in [0, 0.05) is 31.5 Å². The number of hydrogen-bond donors (Lipinski definition) is 2. The van der Waals surface area contributed by atoms with Crippen molar-refractivity contribution < 1.29 is 9.90 Å². The smallest absolute Gasteiger partial charge is 0.253 e. The first-order chi connectivity index (χ1) is 11.8. The van der Waals surface area contributed by atoms with Crippen molar-refractivity contribution in [2.75, 3.05) is 13.2 Å². The zero-order chi connectivity index (χ0) is 16.8. The summed E-state index contributed by atoms with van der Waals surface area (Å²) in [6.45, 7) is 2.52. The fourth-order valence-corrected chi connectivity index (χ4v) is 3.19. The topological polar surface area (TPSA) is 65.5 Å². The largest absolute Gasteiger partial charge is 0.395 e. The van der Waals surface area contributed by atoms with E-state index < -0.39 is 0 Å². The highest BCUT2D eigenvalue weighted by molar-refractivity contribution is 5.93. The number of carbonyl (C=O) groups is 1. The second-order valence-electron chi connectivity index (χ2n) is 6.14. The Morgan fingerprint density at radius 2 is 2.08 bits per heavy atom. The second kappa shape index (κ2) is 8.04. The number of rotatable bonds is 6. The molecule has 0 radical (unpaired) electrons. The van der Waals surface area contributed by atoms with Crippen LogP contribution < -0.4 is 5.32 Å². The number of pyridine rings is 1. The van der Waals surface area contributed by atoms with E-state index in [4.69, 9.17) is 0 Å². The van der Waals surface area contributed by atoms with Crippen LogP contribution in [-0.4, -0.2) is 40.1 Å². The maximum atomic E-state index is 12.2. The monoisotopic (exact) mass is 325 g/mol. The normalized spacial score (nSPS) is 17.8. The Balaban J connectivity index is 1.65. The fourth-order valence-electron chi connectivity index (χ4n) is 3.19. The maximum Gasteiger partial charge on any atom is 0.253 e. The molecule has 0 aliphatic carbocycles. The molecule has 0 unspecified atom stereocenters. The van der Waals surface area contributed by atoms with E-state index in [0.717, 1.165) is 31.5 Å². The summed E-state index contributed by atoms with van der Waals surface area (Å²) in [4.78, 5) is 18.5. The molecule has 1 atom stereocenters. The average Bonchev–Trinajstić information content (AvgIpc) is 3.08. The molecule has 3 rings (SSSR count). The zero-order valence-electron chi connectivity index (χ0n) is 13.7. The lowest BCUT2D eigenvalue weighted by molar-refractivity contribution is 0.0950. The molecule has 1 amide bonds. The molecule has 24 heavy (non-hydrogen) atoms. The molecule has 1 saturated heterocycles. The van der Waals surface area contributed by atoms with Crippen molar-refractivity contribution in [3.05, 3.63) is 65.5 Å². The average molecular weight is 325 g/mol. The van der Waals surface area contributed by atoms with Crippen molar-refractivity contribution in [1.29, 1.82) is 0 Å². The summed E-state index contributed by atoms with van der Waals surface area (Å²) in [6, 6.07) is 11.9. The van der Waals surface area contributed by atoms with Gasteiger partial charge in [-0.3, -0.25) is 14.7 Å². The van der Waals surface area contributed by atoms with Crippen LogP contribution in [0.1, 0.15) is 34.3 Å². The van der Waals surface area contributed by atoms with Gasteiger partial charge in [0.15, 0.2) is 0 Å². The summed E-state index contributed by atoms with van der Waals surface area (Å²) in [5.74, 6) is -0.118. The molecule has 126 valence electrons. The lowest BCUT2D eigenvalue weighted by Crippen LogP contribution is -2.32. The van der Waals surface area contributed by atoms with Crippen LogP contribution in [0.4, 0.5) is 0 Å². The van der Waals surface area contributed by atoms with E-state index in [-0.39, 0.29) is 18.6 Å². The quantitative estimate of drug-likeness (QED) is 0.852. The number of amides is 1. The van der Waals surface area contributed by atoms with Crippen molar-refractivity contribution in [1.82, 2.24) is 15.2 Å². The van der Waals surface area contributed by atoms with E-state index in [0.29, 0.717) is 12.1 Å². The molecule has 2 aromatic rings. The first-order valence-electron chi connectivity index (χ1n) is 8.38. The van der Waals surface area contributed by atoms with E-state index in [1.807, 2.05) is 18.2 Å². The van der Waals surface area contributed by atoms with Gasteiger partial charge in [0.2, 0.25) is 0 Å². The number of nitrogens with one attached hydrogen (secondary N) is 1. The third-order valence-corrected chi connectivity index (χ3v) is 4.56. The van der Waals surface area contributed by atoms with Gasteiger partial charge in [-0.25, -0.2) is 0 Å². The van der Waals surface area contributed by atoms with Crippen LogP contribution in [0.3, 0.4) is 0 Å². The summed E-state index contributed by atoms with van der Waals surface area (Å²) < 4.78 is 0. The second-order valence-corrected chi connectivity index (χ2v) is 6.14. The number of likely N-dealkylation sites (tertiary alicyclic amines) is 1. The highest BCUT2D eigenvalue weighted by Gasteiger charge is 2.24. The molecule has 0 saturated carbocycles. The van der Waals surface area contributed by atoms with Crippen LogP contribution in [0.2, 0.25) is 0 Å². The minimum Gasteiger partial charge on any atom is -0.395 e. The number of nitrogens with zero attached hydrogens (tertiary/aromatic N) is 2. The molecular formula is C19H23N3O2. The zero-order valence-corrected chi connectivity index (χ0v) is 13.7. The van der Waals surface area contributed by atoms with Crippen LogP contribution in [-0.2, 0) is 13.1 Å². The van der Waals surface area contributed by atoms with E-state index in [2.05, 4.69) is 21.3 Å². The molecule has 1 fully saturated rings. The van der Waals surface area contributed by atoms with Gasteiger partial charge in [0.05, 0.1) is 12.2 Å². The third kappa shape index (κ3) is 3.99. The van der Waals surface area contributed by atoms with Crippen LogP contribution >= 0.6 is 0 Å². The summed E-state index contributed by atoms with van der Waals surface area (Å²) in [5, 5.41) is 12.4.